The first-order valence-electron chi connectivity index (χ1n) is 7.91. The number of likely N-dealkylation sites (N-methyl/N-ethyl adjacent to an activating group) is 1. The molecule has 0 fully saturated rings. The van der Waals surface area contributed by atoms with Crippen LogP contribution in [-0.4, -0.2) is 28.9 Å². The van der Waals surface area contributed by atoms with Crippen LogP contribution in [0, 0.1) is 0 Å². The Bertz CT molecular complexity index is 709. The second kappa shape index (κ2) is 6.11. The summed E-state index contributed by atoms with van der Waals surface area (Å²) in [6.45, 7) is 2.47. The van der Waals surface area contributed by atoms with Crippen LogP contribution in [0.4, 0.5) is 0 Å². The highest BCUT2D eigenvalue weighted by Gasteiger charge is 2.35. The zero-order chi connectivity index (χ0) is 15.6. The second-order valence-electron chi connectivity index (χ2n) is 6.28. The topological polar surface area (TPSA) is 37.2 Å². The molecule has 1 aliphatic carbocycles. The second-order valence-corrected chi connectivity index (χ2v) is 6.28. The molecule has 22 heavy (non-hydrogen) atoms. The normalized spacial score (nSPS) is 19.0. The summed E-state index contributed by atoms with van der Waals surface area (Å²) in [6, 6.07) is 10.4. The first kappa shape index (κ1) is 15.1. The number of hydrogen-bond acceptors (Lipinski definition) is 2. The van der Waals surface area contributed by atoms with Crippen LogP contribution in [-0.2, 0) is 0 Å². The van der Waals surface area contributed by atoms with E-state index >= 15 is 0 Å². The summed E-state index contributed by atoms with van der Waals surface area (Å²) in [6.07, 6.45) is 10.6. The summed E-state index contributed by atoms with van der Waals surface area (Å²) in [5.41, 5.74) is 1.59. The lowest BCUT2D eigenvalue weighted by Crippen LogP contribution is -2.45. The minimum atomic E-state index is -0.854. The average molecular weight is 296 g/mol. The Labute approximate surface area is 132 Å². The van der Waals surface area contributed by atoms with Crippen molar-refractivity contribution in [1.82, 2.24) is 9.88 Å². The molecule has 1 aromatic carbocycles. The standard InChI is InChI=1S/C19H24N2O/c1-19(22,14-20-2)18(16-9-4-3-5-10-16)21-13-12-15-8-6-7-11-17(15)21/h3-4,6-9,11-13,18,20,22H,5,10,14H2,1-2H3/t18-,19?/m0/s1. The van der Waals surface area contributed by atoms with Gasteiger partial charge in [0.25, 0.3) is 0 Å². The van der Waals surface area contributed by atoms with Gasteiger partial charge in [0.2, 0.25) is 0 Å². The Morgan fingerprint density at radius 2 is 2.14 bits per heavy atom. The molecule has 1 aromatic heterocycles. The fraction of sp³-hybridized carbons (Fsp3) is 0.368. The van der Waals surface area contributed by atoms with Crippen molar-refractivity contribution < 1.29 is 5.11 Å². The summed E-state index contributed by atoms with van der Waals surface area (Å²) in [4.78, 5) is 0. The number of fused-ring (bicyclic) bond motifs is 1. The molecule has 0 spiro atoms. The quantitative estimate of drug-likeness (QED) is 0.887. The van der Waals surface area contributed by atoms with Crippen molar-refractivity contribution in [3.63, 3.8) is 0 Å². The number of allylic oxidation sites excluding steroid dienone is 3. The molecule has 0 bridgehead atoms. The van der Waals surface area contributed by atoms with E-state index in [1.54, 1.807) is 0 Å². The van der Waals surface area contributed by atoms with Crippen molar-refractivity contribution in [2.45, 2.75) is 31.4 Å². The predicted molar refractivity (Wildman–Crippen MR) is 92.0 cm³/mol. The molecule has 2 aromatic rings. The van der Waals surface area contributed by atoms with Crippen molar-refractivity contribution in [3.05, 3.63) is 60.3 Å². The molecule has 1 unspecified atom stereocenters. The van der Waals surface area contributed by atoms with E-state index in [1.807, 2.05) is 14.0 Å². The van der Waals surface area contributed by atoms with Crippen LogP contribution in [0.3, 0.4) is 0 Å². The van der Waals surface area contributed by atoms with Gasteiger partial charge in [-0.15, -0.1) is 0 Å². The summed E-state index contributed by atoms with van der Waals surface area (Å²) in [7, 11) is 1.88. The van der Waals surface area contributed by atoms with Crippen LogP contribution in [0.15, 0.2) is 60.3 Å². The van der Waals surface area contributed by atoms with Crippen LogP contribution in [0.2, 0.25) is 0 Å². The molecule has 3 rings (SSSR count). The summed E-state index contributed by atoms with van der Waals surface area (Å²) < 4.78 is 2.22. The Morgan fingerprint density at radius 1 is 1.32 bits per heavy atom. The van der Waals surface area contributed by atoms with Gasteiger partial charge in [0.15, 0.2) is 0 Å². The van der Waals surface area contributed by atoms with E-state index in [2.05, 4.69) is 64.6 Å². The number of aliphatic hydroxyl groups is 1. The molecule has 0 radical (unpaired) electrons. The number of nitrogens with zero attached hydrogens (tertiary/aromatic N) is 1. The van der Waals surface area contributed by atoms with Crippen LogP contribution in [0.1, 0.15) is 25.8 Å². The van der Waals surface area contributed by atoms with E-state index in [1.165, 1.54) is 16.5 Å². The largest absolute Gasteiger partial charge is 0.386 e. The van der Waals surface area contributed by atoms with E-state index in [-0.39, 0.29) is 6.04 Å². The molecular weight excluding hydrogens is 272 g/mol. The molecule has 1 aliphatic rings. The Morgan fingerprint density at radius 3 is 2.86 bits per heavy atom. The van der Waals surface area contributed by atoms with Crippen LogP contribution in [0.25, 0.3) is 10.9 Å². The van der Waals surface area contributed by atoms with Gasteiger partial charge in [0, 0.05) is 18.3 Å². The van der Waals surface area contributed by atoms with Gasteiger partial charge >= 0.3 is 0 Å². The minimum Gasteiger partial charge on any atom is -0.386 e. The van der Waals surface area contributed by atoms with Gasteiger partial charge < -0.3 is 15.0 Å². The summed E-state index contributed by atoms with van der Waals surface area (Å²) in [5.74, 6) is 0. The zero-order valence-corrected chi connectivity index (χ0v) is 13.3. The minimum absolute atomic E-state index is 0.0650. The maximum atomic E-state index is 11.1. The number of aromatic nitrogens is 1. The van der Waals surface area contributed by atoms with Crippen molar-refractivity contribution in [2.24, 2.45) is 0 Å². The Balaban J connectivity index is 2.12. The Hall–Kier alpha value is -1.84. The lowest BCUT2D eigenvalue weighted by Gasteiger charge is -2.37. The van der Waals surface area contributed by atoms with E-state index in [0.29, 0.717) is 6.54 Å². The highest BCUT2D eigenvalue weighted by atomic mass is 16.3. The number of hydrogen-bond donors (Lipinski definition) is 2. The monoisotopic (exact) mass is 296 g/mol. The molecule has 2 N–H and O–H groups in total. The third-order valence-electron chi connectivity index (χ3n) is 4.43. The highest BCUT2D eigenvalue weighted by Crippen LogP contribution is 2.36. The van der Waals surface area contributed by atoms with Crippen molar-refractivity contribution >= 4 is 10.9 Å². The maximum Gasteiger partial charge on any atom is 0.0987 e. The molecule has 0 saturated heterocycles. The predicted octanol–water partition coefficient (Wildman–Crippen LogP) is 3.43. The average Bonchev–Trinajstić information content (AvgIpc) is 2.92. The van der Waals surface area contributed by atoms with E-state index in [9.17, 15) is 5.11 Å². The SMILES string of the molecule is CNCC(C)(O)[C@H](C1=CC=CCC1)n1ccc2ccccc21. The van der Waals surface area contributed by atoms with Gasteiger partial charge in [-0.3, -0.25) is 0 Å². The van der Waals surface area contributed by atoms with Crippen molar-refractivity contribution in [2.75, 3.05) is 13.6 Å². The van der Waals surface area contributed by atoms with Gasteiger partial charge in [-0.2, -0.15) is 0 Å². The highest BCUT2D eigenvalue weighted by molar-refractivity contribution is 5.80. The lowest BCUT2D eigenvalue weighted by molar-refractivity contribution is 0.0212. The molecule has 116 valence electrons. The smallest absolute Gasteiger partial charge is 0.0987 e. The van der Waals surface area contributed by atoms with Crippen molar-refractivity contribution in [3.8, 4) is 0 Å². The Kier molecular flexibility index (Phi) is 4.19. The van der Waals surface area contributed by atoms with Gasteiger partial charge in [-0.1, -0.05) is 36.4 Å². The molecule has 1 heterocycles. The first-order valence-corrected chi connectivity index (χ1v) is 7.91. The summed E-state index contributed by atoms with van der Waals surface area (Å²) in [5, 5.41) is 15.4. The van der Waals surface area contributed by atoms with Gasteiger partial charge in [-0.05, 0) is 49.9 Å². The molecule has 3 nitrogen and oxygen atoms in total. The molecule has 0 aliphatic heterocycles. The number of benzene rings is 1. The number of nitrogens with one attached hydrogen (secondary N) is 1. The lowest BCUT2D eigenvalue weighted by atomic mass is 9.85. The third-order valence-corrected chi connectivity index (χ3v) is 4.43. The molecule has 0 saturated carbocycles. The number of rotatable bonds is 5. The summed E-state index contributed by atoms with van der Waals surface area (Å²) >= 11 is 0. The molecule has 3 heteroatoms. The van der Waals surface area contributed by atoms with Gasteiger partial charge in [0.05, 0.1) is 11.6 Å². The number of para-hydroxylation sites is 1. The fourth-order valence-electron chi connectivity index (χ4n) is 3.51. The maximum absolute atomic E-state index is 11.1. The third kappa shape index (κ3) is 2.74. The van der Waals surface area contributed by atoms with Crippen LogP contribution in [0.5, 0.6) is 0 Å². The van der Waals surface area contributed by atoms with Crippen LogP contribution >= 0.6 is 0 Å². The first-order chi connectivity index (χ1) is 10.6. The van der Waals surface area contributed by atoms with E-state index in [4.69, 9.17) is 0 Å². The van der Waals surface area contributed by atoms with Crippen LogP contribution < -0.4 is 5.32 Å². The van der Waals surface area contributed by atoms with Gasteiger partial charge in [0.1, 0.15) is 0 Å². The van der Waals surface area contributed by atoms with Crippen molar-refractivity contribution in [1.29, 1.82) is 0 Å². The molecule has 0 amide bonds. The fourth-order valence-corrected chi connectivity index (χ4v) is 3.51. The molecule has 2 atom stereocenters. The van der Waals surface area contributed by atoms with Gasteiger partial charge in [-0.25, -0.2) is 0 Å². The van der Waals surface area contributed by atoms with E-state index < -0.39 is 5.60 Å². The molecular formula is C19H24N2O. The van der Waals surface area contributed by atoms with E-state index in [0.717, 1.165) is 12.8 Å². The zero-order valence-electron chi connectivity index (χ0n) is 13.3.